The Bertz CT molecular complexity index is 898. The summed E-state index contributed by atoms with van der Waals surface area (Å²) in [6.45, 7) is 8.34. The third-order valence-electron chi connectivity index (χ3n) is 7.10. The van der Waals surface area contributed by atoms with Gasteiger partial charge >= 0.3 is 0 Å². The number of nitrogens with one attached hydrogen (secondary N) is 1. The Morgan fingerprint density at radius 2 is 2.00 bits per heavy atom. The molecular formula is C23H30N4O. The van der Waals surface area contributed by atoms with Crippen LogP contribution in [-0.4, -0.2) is 47.2 Å². The van der Waals surface area contributed by atoms with Crippen molar-refractivity contribution in [3.8, 4) is 0 Å². The summed E-state index contributed by atoms with van der Waals surface area (Å²) in [6.07, 6.45) is 5.53. The Morgan fingerprint density at radius 1 is 1.14 bits per heavy atom. The Kier molecular flexibility index (Phi) is 4.60. The van der Waals surface area contributed by atoms with Crippen LogP contribution in [0.3, 0.4) is 0 Å². The Hall–Kier alpha value is -1.98. The third kappa shape index (κ3) is 3.20. The zero-order chi connectivity index (χ0) is 19.1. The highest BCUT2D eigenvalue weighted by atomic mass is 16.1. The highest BCUT2D eigenvalue weighted by Crippen LogP contribution is 2.39. The third-order valence-corrected chi connectivity index (χ3v) is 7.10. The van der Waals surface area contributed by atoms with Crippen LogP contribution in [0.1, 0.15) is 42.1 Å². The molecule has 28 heavy (non-hydrogen) atoms. The van der Waals surface area contributed by atoms with E-state index >= 15 is 0 Å². The first-order valence-electron chi connectivity index (χ1n) is 10.7. The normalized spacial score (nSPS) is 26.6. The second-order valence-corrected chi connectivity index (χ2v) is 9.14. The summed E-state index contributed by atoms with van der Waals surface area (Å²) in [5, 5.41) is 3.53. The molecule has 3 aliphatic rings. The summed E-state index contributed by atoms with van der Waals surface area (Å²) in [6, 6.07) is 10.3. The fourth-order valence-corrected chi connectivity index (χ4v) is 5.73. The quantitative estimate of drug-likeness (QED) is 0.890. The zero-order valence-electron chi connectivity index (χ0n) is 16.7. The van der Waals surface area contributed by atoms with Gasteiger partial charge in [0.25, 0.3) is 5.56 Å². The lowest BCUT2D eigenvalue weighted by molar-refractivity contribution is 0.0847. The second kappa shape index (κ2) is 7.12. The fraction of sp³-hybridized carbons (Fsp3) is 0.565. The van der Waals surface area contributed by atoms with E-state index in [0.717, 1.165) is 52.1 Å². The summed E-state index contributed by atoms with van der Waals surface area (Å²) in [5.74, 6) is 1.06. The molecule has 0 amide bonds. The standard InChI is InChI=1S/C23H30N4O/c1-17-5-6-21(25-12-17)23(7-9-24-10-8-23)16-26-13-18-11-19(15-26)20-3-2-4-22(28)27(20)14-18/h2-6,12,18-19,24H,7-11,13-16H2,1H3. The van der Waals surface area contributed by atoms with Gasteiger partial charge in [-0.15, -0.1) is 0 Å². The van der Waals surface area contributed by atoms with Gasteiger partial charge in [-0.1, -0.05) is 12.1 Å². The molecule has 2 fully saturated rings. The molecule has 1 N–H and O–H groups in total. The number of aromatic nitrogens is 2. The van der Waals surface area contributed by atoms with Crippen LogP contribution in [0, 0.1) is 12.8 Å². The Morgan fingerprint density at radius 3 is 2.79 bits per heavy atom. The van der Waals surface area contributed by atoms with E-state index in [1.165, 1.54) is 23.4 Å². The van der Waals surface area contributed by atoms with E-state index in [1.807, 2.05) is 16.8 Å². The predicted molar refractivity (Wildman–Crippen MR) is 111 cm³/mol. The summed E-state index contributed by atoms with van der Waals surface area (Å²) in [7, 11) is 0. The number of hydrogen-bond acceptors (Lipinski definition) is 4. The molecule has 2 atom stereocenters. The van der Waals surface area contributed by atoms with Gasteiger partial charge in [0, 0.05) is 61.2 Å². The molecule has 5 heterocycles. The molecule has 2 aromatic heterocycles. The maximum Gasteiger partial charge on any atom is 0.250 e. The van der Waals surface area contributed by atoms with Crippen molar-refractivity contribution in [3.05, 3.63) is 63.8 Å². The lowest BCUT2D eigenvalue weighted by Crippen LogP contribution is -2.53. The van der Waals surface area contributed by atoms with E-state index in [2.05, 4.69) is 35.3 Å². The average Bonchev–Trinajstić information content (AvgIpc) is 2.70. The van der Waals surface area contributed by atoms with Crippen molar-refractivity contribution in [3.63, 3.8) is 0 Å². The predicted octanol–water partition coefficient (Wildman–Crippen LogP) is 2.29. The molecule has 0 radical (unpaired) electrons. The van der Waals surface area contributed by atoms with Gasteiger partial charge in [0.15, 0.2) is 0 Å². The average molecular weight is 379 g/mol. The lowest BCUT2D eigenvalue weighted by Gasteiger charge is -2.47. The van der Waals surface area contributed by atoms with Gasteiger partial charge in [-0.25, -0.2) is 0 Å². The fourth-order valence-electron chi connectivity index (χ4n) is 5.73. The maximum absolute atomic E-state index is 12.3. The van der Waals surface area contributed by atoms with Crippen LogP contribution in [0.15, 0.2) is 41.3 Å². The molecule has 0 saturated carbocycles. The molecule has 5 heteroatoms. The first kappa shape index (κ1) is 18.1. The van der Waals surface area contributed by atoms with Crippen LogP contribution >= 0.6 is 0 Å². The molecule has 0 aliphatic carbocycles. The van der Waals surface area contributed by atoms with Crippen molar-refractivity contribution in [2.45, 2.75) is 44.1 Å². The first-order valence-corrected chi connectivity index (χ1v) is 10.7. The van der Waals surface area contributed by atoms with E-state index in [1.54, 1.807) is 6.07 Å². The smallest absolute Gasteiger partial charge is 0.250 e. The van der Waals surface area contributed by atoms with Crippen LogP contribution in [0.5, 0.6) is 0 Å². The number of fused-ring (bicyclic) bond motifs is 4. The van der Waals surface area contributed by atoms with E-state index < -0.39 is 0 Å². The van der Waals surface area contributed by atoms with Crippen LogP contribution in [0.4, 0.5) is 0 Å². The number of likely N-dealkylation sites (tertiary alicyclic amines) is 1. The molecule has 2 aromatic rings. The highest BCUT2D eigenvalue weighted by Gasteiger charge is 2.41. The van der Waals surface area contributed by atoms with Gasteiger partial charge in [-0.3, -0.25) is 9.78 Å². The molecule has 0 aromatic carbocycles. The van der Waals surface area contributed by atoms with Crippen LogP contribution < -0.4 is 10.9 Å². The van der Waals surface area contributed by atoms with E-state index in [0.29, 0.717) is 11.8 Å². The number of hydrogen-bond donors (Lipinski definition) is 1. The number of piperidine rings is 2. The van der Waals surface area contributed by atoms with E-state index in [4.69, 9.17) is 4.98 Å². The van der Waals surface area contributed by atoms with E-state index in [-0.39, 0.29) is 11.0 Å². The summed E-state index contributed by atoms with van der Waals surface area (Å²) >= 11 is 0. The van der Waals surface area contributed by atoms with Gasteiger partial charge < -0.3 is 14.8 Å². The summed E-state index contributed by atoms with van der Waals surface area (Å²) < 4.78 is 2.03. The van der Waals surface area contributed by atoms with Crippen molar-refractivity contribution in [2.75, 3.05) is 32.7 Å². The van der Waals surface area contributed by atoms with Crippen LogP contribution in [-0.2, 0) is 12.0 Å². The van der Waals surface area contributed by atoms with E-state index in [9.17, 15) is 4.79 Å². The van der Waals surface area contributed by atoms with Crippen molar-refractivity contribution >= 4 is 0 Å². The van der Waals surface area contributed by atoms with Crippen molar-refractivity contribution in [2.24, 2.45) is 5.92 Å². The van der Waals surface area contributed by atoms with Gasteiger partial charge in [0.05, 0.1) is 0 Å². The van der Waals surface area contributed by atoms with Crippen molar-refractivity contribution in [1.29, 1.82) is 0 Å². The molecule has 0 spiro atoms. The molecule has 5 rings (SSSR count). The van der Waals surface area contributed by atoms with Crippen molar-refractivity contribution in [1.82, 2.24) is 19.8 Å². The Balaban J connectivity index is 1.42. The molecular weight excluding hydrogens is 348 g/mol. The summed E-state index contributed by atoms with van der Waals surface area (Å²) in [4.78, 5) is 19.8. The van der Waals surface area contributed by atoms with Gasteiger partial charge in [0.2, 0.25) is 0 Å². The van der Waals surface area contributed by atoms with Crippen molar-refractivity contribution < 1.29 is 0 Å². The monoisotopic (exact) mass is 378 g/mol. The molecule has 5 nitrogen and oxygen atoms in total. The minimum Gasteiger partial charge on any atom is -0.317 e. The Labute approximate surface area is 166 Å². The number of pyridine rings is 2. The molecule has 2 unspecified atom stereocenters. The zero-order valence-corrected chi connectivity index (χ0v) is 16.7. The number of nitrogens with zero attached hydrogens (tertiary/aromatic N) is 3. The van der Waals surface area contributed by atoms with Gasteiger partial charge in [0.1, 0.15) is 0 Å². The number of aryl methyl sites for hydroxylation is 1. The lowest BCUT2D eigenvalue weighted by atomic mass is 9.74. The van der Waals surface area contributed by atoms with Crippen LogP contribution in [0.2, 0.25) is 0 Å². The molecule has 2 saturated heterocycles. The van der Waals surface area contributed by atoms with Gasteiger partial charge in [-0.05, 0) is 62.9 Å². The second-order valence-electron chi connectivity index (χ2n) is 9.14. The van der Waals surface area contributed by atoms with Gasteiger partial charge in [-0.2, -0.15) is 0 Å². The molecule has 3 aliphatic heterocycles. The minimum atomic E-state index is 0.140. The first-order chi connectivity index (χ1) is 13.6. The minimum absolute atomic E-state index is 0.140. The maximum atomic E-state index is 12.3. The number of rotatable bonds is 3. The largest absolute Gasteiger partial charge is 0.317 e. The molecule has 148 valence electrons. The SMILES string of the molecule is Cc1ccc(C2(CN3CC4CC(C3)c3cccc(=O)n3C4)CCNCC2)nc1. The highest BCUT2D eigenvalue weighted by molar-refractivity contribution is 5.23. The molecule has 2 bridgehead atoms. The summed E-state index contributed by atoms with van der Waals surface area (Å²) in [5.41, 5.74) is 4.02. The van der Waals surface area contributed by atoms with Crippen LogP contribution in [0.25, 0.3) is 0 Å². The topological polar surface area (TPSA) is 50.2 Å².